The van der Waals surface area contributed by atoms with E-state index in [4.69, 9.17) is 14.2 Å². The van der Waals surface area contributed by atoms with Crippen LogP contribution in [-0.4, -0.2) is 32.2 Å². The highest BCUT2D eigenvalue weighted by Crippen LogP contribution is 2.25. The normalized spacial score (nSPS) is 9.96. The first-order chi connectivity index (χ1) is 11.2. The molecule has 1 heterocycles. The molecule has 7 heteroatoms. The number of carbonyl (C=O) groups is 2. The number of hydrogen-bond donors (Lipinski definition) is 1. The van der Waals surface area contributed by atoms with E-state index >= 15 is 0 Å². The van der Waals surface area contributed by atoms with Crippen LogP contribution in [0, 0.1) is 0 Å². The first kappa shape index (κ1) is 16.8. The highest BCUT2D eigenvalue weighted by Gasteiger charge is 2.10. The zero-order chi connectivity index (χ0) is 16.5. The van der Waals surface area contributed by atoms with Crippen LogP contribution in [0.5, 0.6) is 11.5 Å². The van der Waals surface area contributed by atoms with Crippen molar-refractivity contribution in [3.63, 3.8) is 0 Å². The molecule has 0 fully saturated rings. The highest BCUT2D eigenvalue weighted by molar-refractivity contribution is 7.09. The van der Waals surface area contributed by atoms with Crippen LogP contribution in [0.15, 0.2) is 41.8 Å². The molecule has 0 bridgehead atoms. The first-order valence-electron chi connectivity index (χ1n) is 6.89. The third-order valence-corrected chi connectivity index (χ3v) is 3.70. The summed E-state index contributed by atoms with van der Waals surface area (Å²) in [4.78, 5) is 24.2. The Kier molecular flexibility index (Phi) is 6.43. The predicted octanol–water partition coefficient (Wildman–Crippen LogP) is 2.00. The van der Waals surface area contributed by atoms with E-state index < -0.39 is 5.97 Å². The van der Waals surface area contributed by atoms with Crippen LogP contribution in [-0.2, 0) is 20.9 Å². The van der Waals surface area contributed by atoms with Gasteiger partial charge < -0.3 is 19.5 Å². The van der Waals surface area contributed by atoms with E-state index in [0.29, 0.717) is 18.0 Å². The molecule has 23 heavy (non-hydrogen) atoms. The quantitative estimate of drug-likeness (QED) is 0.747. The fourth-order valence-corrected chi connectivity index (χ4v) is 2.36. The first-order valence-corrected chi connectivity index (χ1v) is 7.77. The lowest BCUT2D eigenvalue weighted by atomic mass is 10.3. The molecule has 0 unspecified atom stereocenters. The van der Waals surface area contributed by atoms with Gasteiger partial charge in [0, 0.05) is 4.88 Å². The largest absolute Gasteiger partial charge is 0.493 e. The predicted molar refractivity (Wildman–Crippen MR) is 85.6 cm³/mol. The number of benzene rings is 1. The molecule has 1 amide bonds. The third kappa shape index (κ3) is 5.63. The fourth-order valence-electron chi connectivity index (χ4n) is 1.71. The molecule has 0 saturated heterocycles. The van der Waals surface area contributed by atoms with Crippen LogP contribution >= 0.6 is 11.3 Å². The average molecular weight is 335 g/mol. The molecule has 0 saturated carbocycles. The van der Waals surface area contributed by atoms with Gasteiger partial charge in [-0.25, -0.2) is 4.79 Å². The van der Waals surface area contributed by atoms with Crippen molar-refractivity contribution in [2.75, 3.05) is 20.3 Å². The number of thiophene rings is 1. The van der Waals surface area contributed by atoms with Gasteiger partial charge in [-0.15, -0.1) is 11.3 Å². The monoisotopic (exact) mass is 335 g/mol. The molecular formula is C16H17NO5S. The van der Waals surface area contributed by atoms with E-state index in [9.17, 15) is 9.59 Å². The minimum Gasteiger partial charge on any atom is -0.493 e. The Labute approximate surface area is 138 Å². The van der Waals surface area contributed by atoms with Crippen molar-refractivity contribution >= 4 is 23.2 Å². The Bertz CT molecular complexity index is 642. The summed E-state index contributed by atoms with van der Waals surface area (Å²) in [5.74, 6) is -0.0192. The van der Waals surface area contributed by atoms with E-state index in [1.54, 1.807) is 35.6 Å². The Morgan fingerprint density at radius 1 is 1.09 bits per heavy atom. The molecule has 1 aromatic heterocycles. The van der Waals surface area contributed by atoms with Crippen LogP contribution in [0.4, 0.5) is 0 Å². The van der Waals surface area contributed by atoms with Gasteiger partial charge in [0.1, 0.15) is 0 Å². The number of methoxy groups -OCH3 is 1. The van der Waals surface area contributed by atoms with Crippen molar-refractivity contribution in [2.45, 2.75) is 6.54 Å². The van der Waals surface area contributed by atoms with Crippen LogP contribution in [0.1, 0.15) is 4.88 Å². The molecule has 0 aliphatic carbocycles. The molecule has 0 atom stereocenters. The number of rotatable bonds is 8. The second kappa shape index (κ2) is 8.79. The van der Waals surface area contributed by atoms with Crippen molar-refractivity contribution in [2.24, 2.45) is 0 Å². The summed E-state index contributed by atoms with van der Waals surface area (Å²) in [6.45, 7) is -0.205. The fraction of sp³-hybridized carbons (Fsp3) is 0.250. The Morgan fingerprint density at radius 3 is 2.57 bits per heavy atom. The standard InChI is InChI=1S/C16H17NO5S/c1-20-13-6-2-3-7-14(13)21-11-16(19)22-10-15(18)17-9-12-5-4-8-23-12/h2-8H,9-11H2,1H3,(H,17,18). The van der Waals surface area contributed by atoms with Gasteiger partial charge in [0.2, 0.25) is 0 Å². The summed E-state index contributed by atoms with van der Waals surface area (Å²) >= 11 is 1.54. The second-order valence-electron chi connectivity index (χ2n) is 4.46. The minimum absolute atomic E-state index is 0.293. The van der Waals surface area contributed by atoms with Gasteiger partial charge in [0.25, 0.3) is 5.91 Å². The highest BCUT2D eigenvalue weighted by atomic mass is 32.1. The van der Waals surface area contributed by atoms with Gasteiger partial charge in [-0.05, 0) is 23.6 Å². The number of para-hydroxylation sites is 2. The molecule has 2 aromatic rings. The number of amides is 1. The van der Waals surface area contributed by atoms with Crippen molar-refractivity contribution in [1.82, 2.24) is 5.32 Å². The van der Waals surface area contributed by atoms with Crippen molar-refractivity contribution in [3.05, 3.63) is 46.7 Å². The lowest BCUT2D eigenvalue weighted by Crippen LogP contribution is -2.29. The number of ether oxygens (including phenoxy) is 3. The number of hydrogen-bond acceptors (Lipinski definition) is 6. The van der Waals surface area contributed by atoms with Crippen LogP contribution < -0.4 is 14.8 Å². The number of nitrogens with one attached hydrogen (secondary N) is 1. The van der Waals surface area contributed by atoms with E-state index in [1.165, 1.54) is 7.11 Å². The Balaban J connectivity index is 1.67. The van der Waals surface area contributed by atoms with Crippen LogP contribution in [0.3, 0.4) is 0 Å². The van der Waals surface area contributed by atoms with Crippen molar-refractivity contribution in [3.8, 4) is 11.5 Å². The van der Waals surface area contributed by atoms with Gasteiger partial charge in [-0.2, -0.15) is 0 Å². The summed E-state index contributed by atoms with van der Waals surface area (Å²) in [6, 6.07) is 10.8. The summed E-state index contributed by atoms with van der Waals surface area (Å²) < 4.78 is 15.3. The maximum Gasteiger partial charge on any atom is 0.344 e. The molecule has 0 spiro atoms. The van der Waals surface area contributed by atoms with Crippen molar-refractivity contribution < 1.29 is 23.8 Å². The molecule has 0 radical (unpaired) electrons. The molecule has 1 aromatic carbocycles. The zero-order valence-corrected chi connectivity index (χ0v) is 13.4. The SMILES string of the molecule is COc1ccccc1OCC(=O)OCC(=O)NCc1cccs1. The van der Waals surface area contributed by atoms with Gasteiger partial charge in [0.05, 0.1) is 13.7 Å². The summed E-state index contributed by atoms with van der Waals surface area (Å²) in [7, 11) is 1.51. The van der Waals surface area contributed by atoms with E-state index in [0.717, 1.165) is 4.88 Å². The lowest BCUT2D eigenvalue weighted by Gasteiger charge is -2.10. The second-order valence-corrected chi connectivity index (χ2v) is 5.49. The molecule has 122 valence electrons. The van der Waals surface area contributed by atoms with Crippen molar-refractivity contribution in [1.29, 1.82) is 0 Å². The maximum absolute atomic E-state index is 11.6. The Hall–Kier alpha value is -2.54. The van der Waals surface area contributed by atoms with Crippen LogP contribution in [0.2, 0.25) is 0 Å². The van der Waals surface area contributed by atoms with Gasteiger partial charge in [-0.1, -0.05) is 18.2 Å². The molecule has 6 nitrogen and oxygen atoms in total. The Morgan fingerprint density at radius 2 is 1.87 bits per heavy atom. The van der Waals surface area contributed by atoms with Gasteiger partial charge in [0.15, 0.2) is 24.7 Å². The summed E-state index contributed by atoms with van der Waals surface area (Å²) in [6.07, 6.45) is 0. The molecular weight excluding hydrogens is 318 g/mol. The minimum atomic E-state index is -0.623. The van der Waals surface area contributed by atoms with Gasteiger partial charge in [-0.3, -0.25) is 4.79 Å². The molecule has 0 aliphatic rings. The lowest BCUT2D eigenvalue weighted by molar-refractivity contribution is -0.150. The third-order valence-electron chi connectivity index (χ3n) is 2.82. The smallest absolute Gasteiger partial charge is 0.344 e. The zero-order valence-electron chi connectivity index (χ0n) is 12.6. The van der Waals surface area contributed by atoms with E-state index in [2.05, 4.69) is 5.32 Å². The molecule has 0 aliphatic heterocycles. The van der Waals surface area contributed by atoms with E-state index in [1.807, 2.05) is 17.5 Å². The maximum atomic E-state index is 11.6. The van der Waals surface area contributed by atoms with Gasteiger partial charge >= 0.3 is 5.97 Å². The summed E-state index contributed by atoms with van der Waals surface area (Å²) in [5.41, 5.74) is 0. The number of carbonyl (C=O) groups excluding carboxylic acids is 2. The topological polar surface area (TPSA) is 73.9 Å². The summed E-state index contributed by atoms with van der Waals surface area (Å²) in [5, 5.41) is 4.59. The molecule has 2 rings (SSSR count). The average Bonchev–Trinajstić information content (AvgIpc) is 3.10. The van der Waals surface area contributed by atoms with Crippen LogP contribution in [0.25, 0.3) is 0 Å². The van der Waals surface area contributed by atoms with E-state index in [-0.39, 0.29) is 19.1 Å². The molecule has 1 N–H and O–H groups in total. The number of esters is 1.